The van der Waals surface area contributed by atoms with Crippen molar-refractivity contribution < 1.29 is 28.6 Å². The number of halogens is 1. The van der Waals surface area contributed by atoms with Gasteiger partial charge >= 0.3 is 5.97 Å². The zero-order chi connectivity index (χ0) is 23.3. The molecule has 0 saturated carbocycles. The van der Waals surface area contributed by atoms with Gasteiger partial charge in [-0.15, -0.1) is 0 Å². The lowest BCUT2D eigenvalue weighted by atomic mass is 10.1. The van der Waals surface area contributed by atoms with Gasteiger partial charge in [0, 0.05) is 4.47 Å². The van der Waals surface area contributed by atoms with E-state index in [-0.39, 0.29) is 11.0 Å². The Morgan fingerprint density at radius 3 is 2.53 bits per heavy atom. The Hall–Kier alpha value is -2.78. The van der Waals surface area contributed by atoms with E-state index in [1.54, 1.807) is 32.1 Å². The van der Waals surface area contributed by atoms with Gasteiger partial charge in [-0.3, -0.25) is 19.3 Å². The van der Waals surface area contributed by atoms with Crippen LogP contribution in [0.15, 0.2) is 51.8 Å². The molecule has 0 atom stereocenters. The summed E-state index contributed by atoms with van der Waals surface area (Å²) in [4.78, 5) is 37.9. The van der Waals surface area contributed by atoms with E-state index in [2.05, 4.69) is 15.9 Å². The van der Waals surface area contributed by atoms with Gasteiger partial charge in [-0.1, -0.05) is 46.3 Å². The molecule has 0 aromatic heterocycles. The molecule has 2 aromatic rings. The molecule has 1 saturated heterocycles. The molecule has 168 valence electrons. The summed E-state index contributed by atoms with van der Waals surface area (Å²) in [5.41, 5.74) is 1.64. The zero-order valence-corrected chi connectivity index (χ0v) is 20.2. The van der Waals surface area contributed by atoms with Crippen molar-refractivity contribution in [2.75, 3.05) is 13.7 Å². The van der Waals surface area contributed by atoms with Crippen molar-refractivity contribution in [3.8, 4) is 11.5 Å². The first-order valence-corrected chi connectivity index (χ1v) is 11.4. The Morgan fingerprint density at radius 1 is 1.16 bits per heavy atom. The molecular formula is C23H22BrNO6S. The summed E-state index contributed by atoms with van der Waals surface area (Å²) >= 11 is 4.26. The van der Waals surface area contributed by atoms with E-state index in [9.17, 15) is 14.4 Å². The molecule has 1 heterocycles. The number of carbonyl (C=O) groups is 3. The number of imide groups is 1. The second-order valence-electron chi connectivity index (χ2n) is 7.11. The second kappa shape index (κ2) is 10.7. The summed E-state index contributed by atoms with van der Waals surface area (Å²) in [6.07, 6.45) is 1.25. The van der Waals surface area contributed by atoms with Gasteiger partial charge in [0.05, 0.1) is 18.1 Å². The third kappa shape index (κ3) is 5.92. The summed E-state index contributed by atoms with van der Waals surface area (Å²) in [5, 5.41) is -0.521. The van der Waals surface area contributed by atoms with Crippen LogP contribution in [0.3, 0.4) is 0 Å². The van der Waals surface area contributed by atoms with Crippen molar-refractivity contribution in [1.82, 2.24) is 4.90 Å². The standard InChI is InChI=1S/C23H22BrNO6S/c1-14(2)31-21(26)12-25-22(27)20(32-23(25)28)10-16-9-18(29-3)19(11-17(16)24)30-13-15-7-5-4-6-8-15/h4-11,14H,12-13H2,1-3H3/b20-10+. The number of benzene rings is 2. The molecule has 0 bridgehead atoms. The predicted molar refractivity (Wildman–Crippen MR) is 125 cm³/mol. The van der Waals surface area contributed by atoms with Crippen molar-refractivity contribution in [1.29, 1.82) is 0 Å². The SMILES string of the molecule is COc1cc(/C=C2/SC(=O)N(CC(=O)OC(C)C)C2=O)c(Br)cc1OCc1ccccc1. The highest BCUT2D eigenvalue weighted by atomic mass is 79.9. The predicted octanol–water partition coefficient (Wildman–Crippen LogP) is 5.02. The van der Waals surface area contributed by atoms with Gasteiger partial charge in [0.15, 0.2) is 11.5 Å². The number of hydrogen-bond donors (Lipinski definition) is 0. The fourth-order valence-corrected chi connectivity index (χ4v) is 4.14. The molecule has 1 fully saturated rings. The van der Waals surface area contributed by atoms with Gasteiger partial charge in [0.25, 0.3) is 11.1 Å². The first kappa shape index (κ1) is 23.9. The van der Waals surface area contributed by atoms with Crippen molar-refractivity contribution in [3.63, 3.8) is 0 Å². The lowest BCUT2D eigenvalue weighted by molar-refractivity contribution is -0.149. The third-order valence-corrected chi connectivity index (χ3v) is 5.93. The van der Waals surface area contributed by atoms with E-state index in [1.165, 1.54) is 7.11 Å². The van der Waals surface area contributed by atoms with Gasteiger partial charge in [0.1, 0.15) is 13.2 Å². The number of hydrogen-bond acceptors (Lipinski definition) is 7. The quantitative estimate of drug-likeness (QED) is 0.357. The second-order valence-corrected chi connectivity index (χ2v) is 8.95. The van der Waals surface area contributed by atoms with Crippen LogP contribution in [0.25, 0.3) is 6.08 Å². The molecule has 0 radical (unpaired) electrons. The van der Waals surface area contributed by atoms with Crippen LogP contribution in [0.2, 0.25) is 0 Å². The van der Waals surface area contributed by atoms with Crippen LogP contribution < -0.4 is 9.47 Å². The molecule has 7 nitrogen and oxygen atoms in total. The molecule has 1 aliphatic rings. The maximum atomic E-state index is 12.7. The van der Waals surface area contributed by atoms with Crippen LogP contribution in [-0.4, -0.2) is 41.8 Å². The Labute approximate surface area is 198 Å². The summed E-state index contributed by atoms with van der Waals surface area (Å²) < 4.78 is 17.0. The minimum Gasteiger partial charge on any atom is -0.493 e. The molecule has 9 heteroatoms. The van der Waals surface area contributed by atoms with E-state index < -0.39 is 23.7 Å². The number of ether oxygens (including phenoxy) is 3. The Kier molecular flexibility index (Phi) is 7.98. The van der Waals surface area contributed by atoms with Gasteiger partial charge in [-0.25, -0.2) is 0 Å². The molecule has 0 unspecified atom stereocenters. The lowest BCUT2D eigenvalue weighted by Gasteiger charge is -2.14. The molecule has 3 rings (SSSR count). The number of nitrogens with zero attached hydrogens (tertiary/aromatic N) is 1. The average Bonchev–Trinajstić information content (AvgIpc) is 3.01. The van der Waals surface area contributed by atoms with Gasteiger partial charge in [0.2, 0.25) is 0 Å². The van der Waals surface area contributed by atoms with Crippen LogP contribution in [0.4, 0.5) is 4.79 Å². The van der Waals surface area contributed by atoms with E-state index in [0.717, 1.165) is 22.2 Å². The first-order valence-electron chi connectivity index (χ1n) is 9.77. The molecule has 1 aliphatic heterocycles. The fourth-order valence-electron chi connectivity index (χ4n) is 2.88. The third-order valence-electron chi connectivity index (χ3n) is 4.33. The molecule has 0 aliphatic carbocycles. The smallest absolute Gasteiger partial charge is 0.326 e. The molecule has 2 aromatic carbocycles. The van der Waals surface area contributed by atoms with Gasteiger partial charge in [-0.2, -0.15) is 0 Å². The summed E-state index contributed by atoms with van der Waals surface area (Å²) in [7, 11) is 1.52. The highest BCUT2D eigenvalue weighted by Gasteiger charge is 2.37. The minimum atomic E-state index is -0.633. The Bertz CT molecular complexity index is 1050. The molecule has 2 amide bonds. The van der Waals surface area contributed by atoms with Gasteiger partial charge in [-0.05, 0) is 54.9 Å². The molecule has 0 spiro atoms. The zero-order valence-electron chi connectivity index (χ0n) is 17.8. The average molecular weight is 520 g/mol. The Morgan fingerprint density at radius 2 is 1.88 bits per heavy atom. The lowest BCUT2D eigenvalue weighted by Crippen LogP contribution is -2.35. The molecular weight excluding hydrogens is 498 g/mol. The van der Waals surface area contributed by atoms with Crippen molar-refractivity contribution >= 4 is 50.9 Å². The highest BCUT2D eigenvalue weighted by molar-refractivity contribution is 9.10. The number of rotatable bonds is 8. The molecule has 32 heavy (non-hydrogen) atoms. The van der Waals surface area contributed by atoms with Crippen LogP contribution in [0.1, 0.15) is 25.0 Å². The van der Waals surface area contributed by atoms with Crippen molar-refractivity contribution in [3.05, 3.63) is 63.0 Å². The van der Waals surface area contributed by atoms with Gasteiger partial charge < -0.3 is 14.2 Å². The van der Waals surface area contributed by atoms with Crippen LogP contribution in [0, 0.1) is 0 Å². The monoisotopic (exact) mass is 519 g/mol. The van der Waals surface area contributed by atoms with Crippen molar-refractivity contribution in [2.45, 2.75) is 26.6 Å². The van der Waals surface area contributed by atoms with E-state index >= 15 is 0 Å². The minimum absolute atomic E-state index is 0.202. The number of methoxy groups -OCH3 is 1. The normalized spacial score (nSPS) is 14.9. The van der Waals surface area contributed by atoms with Crippen LogP contribution in [0.5, 0.6) is 11.5 Å². The topological polar surface area (TPSA) is 82.1 Å². The largest absolute Gasteiger partial charge is 0.493 e. The maximum Gasteiger partial charge on any atom is 0.326 e. The highest BCUT2D eigenvalue weighted by Crippen LogP contribution is 2.38. The van der Waals surface area contributed by atoms with Crippen molar-refractivity contribution in [2.24, 2.45) is 0 Å². The maximum absolute atomic E-state index is 12.7. The number of amides is 2. The first-order chi connectivity index (χ1) is 15.3. The summed E-state index contributed by atoms with van der Waals surface area (Å²) in [6.45, 7) is 3.35. The van der Waals surface area contributed by atoms with Crippen LogP contribution >= 0.6 is 27.7 Å². The number of esters is 1. The fraction of sp³-hybridized carbons (Fsp3) is 0.261. The number of carbonyl (C=O) groups excluding carboxylic acids is 3. The summed E-state index contributed by atoms with van der Waals surface area (Å²) in [5.74, 6) is -0.165. The van der Waals surface area contributed by atoms with E-state index in [1.807, 2.05) is 30.3 Å². The summed E-state index contributed by atoms with van der Waals surface area (Å²) in [6, 6.07) is 13.2. The van der Waals surface area contributed by atoms with E-state index in [4.69, 9.17) is 14.2 Å². The van der Waals surface area contributed by atoms with E-state index in [0.29, 0.717) is 28.1 Å². The number of thioether (sulfide) groups is 1. The molecule has 0 N–H and O–H groups in total. The van der Waals surface area contributed by atoms with Crippen LogP contribution in [-0.2, 0) is 20.9 Å². The Balaban J connectivity index is 1.78.